The van der Waals surface area contributed by atoms with Crippen LogP contribution in [0, 0.1) is 0 Å². The van der Waals surface area contributed by atoms with Gasteiger partial charge >= 0.3 is 5.97 Å². The zero-order valence-electron chi connectivity index (χ0n) is 17.2. The predicted octanol–water partition coefficient (Wildman–Crippen LogP) is 4.39. The number of carbonyl (C=O) groups is 2. The molecule has 1 atom stereocenters. The lowest BCUT2D eigenvalue weighted by Crippen LogP contribution is -2.39. The minimum absolute atomic E-state index is 0.0730. The fraction of sp³-hybridized carbons (Fsp3) is 0.261. The number of amidine groups is 1. The van der Waals surface area contributed by atoms with Gasteiger partial charge in [0.05, 0.1) is 29.7 Å². The molecular weight excluding hydrogens is 412 g/mol. The van der Waals surface area contributed by atoms with E-state index >= 15 is 0 Å². The van der Waals surface area contributed by atoms with E-state index in [1.807, 2.05) is 36.3 Å². The summed E-state index contributed by atoms with van der Waals surface area (Å²) in [7, 11) is 0. The van der Waals surface area contributed by atoms with E-state index in [0.717, 1.165) is 29.3 Å². The molecule has 0 aromatic heterocycles. The summed E-state index contributed by atoms with van der Waals surface area (Å²) in [4.78, 5) is 29.1. The Labute approximate surface area is 185 Å². The first-order chi connectivity index (χ1) is 15.2. The molecule has 4 rings (SSSR count). The summed E-state index contributed by atoms with van der Waals surface area (Å²) in [5.74, 6) is -0.278. The Bertz CT molecular complexity index is 1020. The Balaban J connectivity index is 1.32. The average Bonchev–Trinajstić information content (AvgIpc) is 3.28. The van der Waals surface area contributed by atoms with Gasteiger partial charge in [0.15, 0.2) is 5.17 Å². The van der Waals surface area contributed by atoms with Gasteiger partial charge in [-0.2, -0.15) is 0 Å². The third-order valence-corrected chi connectivity index (χ3v) is 5.87. The fourth-order valence-corrected chi connectivity index (χ4v) is 4.11. The minimum Gasteiger partial charge on any atom is -0.462 e. The molecule has 2 aromatic rings. The molecule has 0 radical (unpaired) electrons. The summed E-state index contributed by atoms with van der Waals surface area (Å²) in [5.41, 5.74) is 6.33. The second kappa shape index (κ2) is 9.70. The first-order valence-electron chi connectivity index (χ1n) is 10.2. The average molecular weight is 437 g/mol. The topological polar surface area (TPSA) is 83.0 Å². The number of ether oxygens (including phenoxy) is 1. The van der Waals surface area contributed by atoms with Gasteiger partial charge in [0.1, 0.15) is 0 Å². The molecule has 1 amide bonds. The van der Waals surface area contributed by atoms with Crippen LogP contribution < -0.4 is 10.7 Å². The van der Waals surface area contributed by atoms with E-state index in [-0.39, 0.29) is 23.7 Å². The second-order valence-electron chi connectivity index (χ2n) is 7.16. The zero-order chi connectivity index (χ0) is 21.6. The number of benzene rings is 2. The second-order valence-corrected chi connectivity index (χ2v) is 8.10. The minimum atomic E-state index is -0.348. The van der Waals surface area contributed by atoms with Crippen LogP contribution in [-0.4, -0.2) is 34.4 Å². The van der Waals surface area contributed by atoms with Gasteiger partial charge in [-0.15, -0.1) is 0 Å². The highest BCUT2D eigenvalue weighted by atomic mass is 32.2. The lowest BCUT2D eigenvalue weighted by Gasteiger charge is -2.31. The number of amides is 1. The smallest absolute Gasteiger partial charge is 0.338 e. The van der Waals surface area contributed by atoms with Gasteiger partial charge in [-0.1, -0.05) is 43.3 Å². The number of aliphatic imine (C=N–C) groups is 1. The van der Waals surface area contributed by atoms with Crippen molar-refractivity contribution in [3.8, 4) is 0 Å². The van der Waals surface area contributed by atoms with Crippen molar-refractivity contribution < 1.29 is 14.3 Å². The van der Waals surface area contributed by atoms with Crippen LogP contribution in [0.1, 0.15) is 41.7 Å². The SMILES string of the molecule is CCCCOC(=O)c1ccc(NC(=O)CSC2=Nc3ccccc3[C@H]3C=CNN23)cc1. The number of hydrogen-bond acceptors (Lipinski definition) is 7. The maximum atomic E-state index is 12.5. The molecule has 0 fully saturated rings. The van der Waals surface area contributed by atoms with E-state index in [9.17, 15) is 9.59 Å². The fourth-order valence-electron chi connectivity index (χ4n) is 3.31. The number of nitrogens with zero attached hydrogens (tertiary/aromatic N) is 2. The van der Waals surface area contributed by atoms with Gasteiger partial charge in [0.2, 0.25) is 5.91 Å². The van der Waals surface area contributed by atoms with Crippen LogP contribution in [0.25, 0.3) is 0 Å². The molecule has 0 bridgehead atoms. The van der Waals surface area contributed by atoms with E-state index in [1.54, 1.807) is 24.3 Å². The van der Waals surface area contributed by atoms with Crippen molar-refractivity contribution in [1.82, 2.24) is 10.4 Å². The highest BCUT2D eigenvalue weighted by Gasteiger charge is 2.31. The van der Waals surface area contributed by atoms with Gasteiger partial charge in [-0.05, 0) is 42.8 Å². The number of unbranched alkanes of at least 4 members (excludes halogenated alkanes) is 1. The third kappa shape index (κ3) is 4.91. The van der Waals surface area contributed by atoms with Crippen LogP contribution in [-0.2, 0) is 9.53 Å². The van der Waals surface area contributed by atoms with E-state index < -0.39 is 0 Å². The largest absolute Gasteiger partial charge is 0.462 e. The van der Waals surface area contributed by atoms with Crippen molar-refractivity contribution in [2.45, 2.75) is 25.8 Å². The summed E-state index contributed by atoms with van der Waals surface area (Å²) in [6, 6.07) is 14.8. The molecule has 0 spiro atoms. The summed E-state index contributed by atoms with van der Waals surface area (Å²) in [5, 5.41) is 5.56. The molecule has 0 saturated carbocycles. The van der Waals surface area contributed by atoms with Crippen LogP contribution >= 0.6 is 11.8 Å². The first kappa shape index (κ1) is 21.0. The van der Waals surface area contributed by atoms with Crippen LogP contribution in [0.15, 0.2) is 65.8 Å². The number of para-hydroxylation sites is 1. The summed E-state index contributed by atoms with van der Waals surface area (Å²) in [6.07, 6.45) is 5.78. The number of nitrogens with one attached hydrogen (secondary N) is 2. The molecule has 160 valence electrons. The standard InChI is InChI=1S/C23H24N4O3S/c1-2-3-14-30-22(29)16-8-10-17(11-9-16)25-21(28)15-31-23-26-19-7-5-4-6-18(19)20-12-13-24-27(20)23/h4-13,20,24H,2-3,14-15H2,1H3,(H,25,28)/t20-/m1/s1. The van der Waals surface area contributed by atoms with Gasteiger partial charge < -0.3 is 15.5 Å². The Hall–Kier alpha value is -3.26. The van der Waals surface area contributed by atoms with Crippen LogP contribution in [0.3, 0.4) is 0 Å². The van der Waals surface area contributed by atoms with Crippen LogP contribution in [0.5, 0.6) is 0 Å². The van der Waals surface area contributed by atoms with Gasteiger partial charge in [0.25, 0.3) is 0 Å². The molecule has 7 nitrogen and oxygen atoms in total. The molecule has 31 heavy (non-hydrogen) atoms. The number of hydrogen-bond donors (Lipinski definition) is 2. The van der Waals surface area contributed by atoms with Crippen molar-refractivity contribution in [3.63, 3.8) is 0 Å². The Morgan fingerprint density at radius 3 is 2.81 bits per heavy atom. The zero-order valence-corrected chi connectivity index (χ0v) is 18.0. The van der Waals surface area contributed by atoms with Crippen LogP contribution in [0.4, 0.5) is 11.4 Å². The molecule has 0 aliphatic carbocycles. The number of carbonyl (C=O) groups excluding carboxylic acids is 2. The van der Waals surface area contributed by atoms with Gasteiger partial charge in [0, 0.05) is 17.5 Å². The summed E-state index contributed by atoms with van der Waals surface area (Å²) < 4.78 is 5.20. The summed E-state index contributed by atoms with van der Waals surface area (Å²) in [6.45, 7) is 2.46. The molecule has 2 heterocycles. The monoisotopic (exact) mass is 436 g/mol. The van der Waals surface area contributed by atoms with Crippen molar-refractivity contribution in [2.24, 2.45) is 4.99 Å². The third-order valence-electron chi connectivity index (χ3n) is 4.92. The van der Waals surface area contributed by atoms with Crippen molar-refractivity contribution in [1.29, 1.82) is 0 Å². The molecule has 2 aliphatic heterocycles. The lowest BCUT2D eigenvalue weighted by molar-refractivity contribution is -0.113. The predicted molar refractivity (Wildman–Crippen MR) is 123 cm³/mol. The highest BCUT2D eigenvalue weighted by molar-refractivity contribution is 8.14. The molecule has 2 aliphatic rings. The maximum absolute atomic E-state index is 12.5. The molecule has 0 unspecified atom stereocenters. The molecule has 0 saturated heterocycles. The maximum Gasteiger partial charge on any atom is 0.338 e. The number of fused-ring (bicyclic) bond motifs is 3. The Morgan fingerprint density at radius 2 is 2.00 bits per heavy atom. The molecule has 2 aromatic carbocycles. The number of hydrazine groups is 1. The van der Waals surface area contributed by atoms with Crippen molar-refractivity contribution >= 4 is 40.2 Å². The van der Waals surface area contributed by atoms with Crippen LogP contribution in [0.2, 0.25) is 0 Å². The Kier molecular flexibility index (Phi) is 6.57. The van der Waals surface area contributed by atoms with Gasteiger partial charge in [-0.3, -0.25) is 9.80 Å². The number of thioether (sulfide) groups is 1. The van der Waals surface area contributed by atoms with E-state index in [1.165, 1.54) is 11.8 Å². The lowest BCUT2D eigenvalue weighted by atomic mass is 10.0. The molecule has 8 heteroatoms. The highest BCUT2D eigenvalue weighted by Crippen LogP contribution is 2.38. The molecule has 2 N–H and O–H groups in total. The van der Waals surface area contributed by atoms with Crippen molar-refractivity contribution in [2.75, 3.05) is 17.7 Å². The van der Waals surface area contributed by atoms with E-state index in [0.29, 0.717) is 17.9 Å². The number of rotatable bonds is 7. The van der Waals surface area contributed by atoms with Gasteiger partial charge in [-0.25, -0.2) is 9.79 Å². The first-order valence-corrected chi connectivity index (χ1v) is 11.2. The molecular formula is C23H24N4O3S. The Morgan fingerprint density at radius 1 is 1.19 bits per heavy atom. The normalized spacial score (nSPS) is 16.1. The van der Waals surface area contributed by atoms with E-state index in [2.05, 4.69) is 22.9 Å². The summed E-state index contributed by atoms with van der Waals surface area (Å²) >= 11 is 1.37. The van der Waals surface area contributed by atoms with E-state index in [4.69, 9.17) is 9.73 Å². The number of esters is 1. The number of anilines is 1. The van der Waals surface area contributed by atoms with Crippen molar-refractivity contribution in [3.05, 3.63) is 71.9 Å². The quantitative estimate of drug-likeness (QED) is 0.495.